The van der Waals surface area contributed by atoms with Crippen LogP contribution in [0.3, 0.4) is 0 Å². The van der Waals surface area contributed by atoms with Crippen LogP contribution in [0.15, 0.2) is 36.4 Å². The lowest BCUT2D eigenvalue weighted by Gasteiger charge is -2.05. The molecule has 0 saturated heterocycles. The number of hydrogen-bond donors (Lipinski definition) is 0. The quantitative estimate of drug-likeness (QED) is 0.539. The van der Waals surface area contributed by atoms with Crippen LogP contribution in [0.2, 0.25) is 0 Å². The van der Waals surface area contributed by atoms with E-state index in [0.717, 1.165) is 10.6 Å². The largest absolute Gasteiger partial charge is 0.494 e. The molecule has 112 valence electrons. The third-order valence-electron chi connectivity index (χ3n) is 3.21. The minimum absolute atomic E-state index is 0.130. The van der Waals surface area contributed by atoms with Crippen LogP contribution >= 0.6 is 11.3 Å². The topological polar surface area (TPSA) is 74.5 Å². The Labute approximate surface area is 130 Å². The first-order chi connectivity index (χ1) is 10.7. The van der Waals surface area contributed by atoms with Gasteiger partial charge in [-0.1, -0.05) is 30.3 Å². The van der Waals surface area contributed by atoms with Gasteiger partial charge in [-0.3, -0.25) is 10.1 Å². The van der Waals surface area contributed by atoms with Crippen LogP contribution in [0.5, 0.6) is 11.5 Å². The lowest BCUT2D eigenvalue weighted by Crippen LogP contribution is -1.96. The zero-order valence-corrected chi connectivity index (χ0v) is 12.7. The minimum Gasteiger partial charge on any atom is -0.494 e. The number of hydrogen-bond acceptors (Lipinski definition) is 6. The van der Waals surface area contributed by atoms with Crippen LogP contribution in [-0.2, 0) is 0 Å². The summed E-state index contributed by atoms with van der Waals surface area (Å²) < 4.78 is 11.1. The number of nitrogens with zero attached hydrogens (tertiary/aromatic N) is 2. The van der Waals surface area contributed by atoms with Crippen LogP contribution in [0.1, 0.15) is 0 Å². The van der Waals surface area contributed by atoms with E-state index in [0.29, 0.717) is 16.0 Å². The molecule has 3 rings (SSSR count). The van der Waals surface area contributed by atoms with Gasteiger partial charge in [0.05, 0.1) is 25.2 Å². The second-order valence-electron chi connectivity index (χ2n) is 4.45. The van der Waals surface area contributed by atoms with Gasteiger partial charge in [-0.25, -0.2) is 4.98 Å². The summed E-state index contributed by atoms with van der Waals surface area (Å²) >= 11 is 1.34. The highest BCUT2D eigenvalue weighted by Crippen LogP contribution is 2.45. The molecule has 1 heterocycles. The number of ether oxygens (including phenoxy) is 2. The van der Waals surface area contributed by atoms with E-state index < -0.39 is 4.92 Å². The van der Waals surface area contributed by atoms with Gasteiger partial charge in [0, 0.05) is 5.56 Å². The van der Waals surface area contributed by atoms with Gasteiger partial charge in [-0.2, -0.15) is 0 Å². The average molecular weight is 316 g/mol. The summed E-state index contributed by atoms with van der Waals surface area (Å²) in [5.74, 6) is 0.571. The lowest BCUT2D eigenvalue weighted by atomic mass is 10.2. The van der Waals surface area contributed by atoms with Gasteiger partial charge in [0.1, 0.15) is 15.2 Å². The summed E-state index contributed by atoms with van der Waals surface area (Å²) in [5, 5.41) is 12.0. The molecule has 1 aromatic heterocycles. The molecular weight excluding hydrogens is 304 g/mol. The molecule has 2 aromatic carbocycles. The molecule has 0 spiro atoms. The van der Waals surface area contributed by atoms with E-state index in [1.165, 1.54) is 31.6 Å². The average Bonchev–Trinajstić information content (AvgIpc) is 2.99. The molecule has 0 saturated carbocycles. The minimum atomic E-state index is -0.483. The Bertz CT molecular complexity index is 846. The Morgan fingerprint density at radius 2 is 1.91 bits per heavy atom. The first kappa shape index (κ1) is 14.3. The molecular formula is C15H12N2O4S. The highest BCUT2D eigenvalue weighted by atomic mass is 32.1. The summed E-state index contributed by atoms with van der Waals surface area (Å²) in [4.78, 5) is 15.3. The van der Waals surface area contributed by atoms with Crippen molar-refractivity contribution >= 4 is 27.2 Å². The van der Waals surface area contributed by atoms with Gasteiger partial charge in [-0.05, 0) is 0 Å². The molecule has 0 N–H and O–H groups in total. The SMILES string of the molecule is COc1cc([N+](=O)[O-])c(OC)c2sc(-c3ccccc3)nc12. The molecule has 0 aliphatic carbocycles. The molecule has 0 bridgehead atoms. The number of aromatic nitrogens is 1. The first-order valence-electron chi connectivity index (χ1n) is 6.41. The van der Waals surface area contributed by atoms with Crippen molar-refractivity contribution in [1.82, 2.24) is 4.98 Å². The maximum absolute atomic E-state index is 11.2. The molecule has 3 aromatic rings. The molecule has 7 heteroatoms. The second-order valence-corrected chi connectivity index (χ2v) is 5.45. The summed E-state index contributed by atoms with van der Waals surface area (Å²) in [7, 11) is 2.88. The predicted molar refractivity (Wildman–Crippen MR) is 84.8 cm³/mol. The zero-order chi connectivity index (χ0) is 15.7. The van der Waals surface area contributed by atoms with Gasteiger partial charge in [0.25, 0.3) is 0 Å². The highest BCUT2D eigenvalue weighted by Gasteiger charge is 2.25. The lowest BCUT2D eigenvalue weighted by molar-refractivity contribution is -0.385. The Morgan fingerprint density at radius 3 is 2.50 bits per heavy atom. The van der Waals surface area contributed by atoms with Crippen LogP contribution in [0.4, 0.5) is 5.69 Å². The second kappa shape index (κ2) is 5.61. The van der Waals surface area contributed by atoms with Crippen molar-refractivity contribution in [3.63, 3.8) is 0 Å². The van der Waals surface area contributed by atoms with E-state index >= 15 is 0 Å². The van der Waals surface area contributed by atoms with E-state index in [1.54, 1.807) is 0 Å². The highest BCUT2D eigenvalue weighted by molar-refractivity contribution is 7.22. The zero-order valence-electron chi connectivity index (χ0n) is 11.9. The predicted octanol–water partition coefficient (Wildman–Crippen LogP) is 3.89. The van der Waals surface area contributed by atoms with Crippen molar-refractivity contribution in [3.8, 4) is 22.1 Å². The number of benzene rings is 2. The van der Waals surface area contributed by atoms with Crippen molar-refractivity contribution in [2.24, 2.45) is 0 Å². The molecule has 0 amide bonds. The summed E-state index contributed by atoms with van der Waals surface area (Å²) in [6, 6.07) is 11.0. The maximum Gasteiger partial charge on any atom is 0.316 e. The first-order valence-corrected chi connectivity index (χ1v) is 7.22. The van der Waals surface area contributed by atoms with E-state index in [1.807, 2.05) is 30.3 Å². The third kappa shape index (κ3) is 2.25. The number of fused-ring (bicyclic) bond motifs is 1. The van der Waals surface area contributed by atoms with Crippen molar-refractivity contribution in [2.75, 3.05) is 14.2 Å². The van der Waals surface area contributed by atoms with Gasteiger partial charge in [0.2, 0.25) is 5.75 Å². The number of nitro groups is 1. The van der Waals surface area contributed by atoms with E-state index in [-0.39, 0.29) is 11.4 Å². The number of methoxy groups -OCH3 is 2. The molecule has 0 aliphatic rings. The smallest absolute Gasteiger partial charge is 0.316 e. The van der Waals surface area contributed by atoms with Gasteiger partial charge in [-0.15, -0.1) is 11.3 Å². The van der Waals surface area contributed by atoms with Crippen molar-refractivity contribution in [2.45, 2.75) is 0 Å². The molecule has 6 nitrogen and oxygen atoms in total. The fraction of sp³-hybridized carbons (Fsp3) is 0.133. The summed E-state index contributed by atoms with van der Waals surface area (Å²) in [6.07, 6.45) is 0. The summed E-state index contributed by atoms with van der Waals surface area (Å²) in [5.41, 5.74) is 1.37. The molecule has 0 fully saturated rings. The maximum atomic E-state index is 11.2. The third-order valence-corrected chi connectivity index (χ3v) is 4.31. The monoisotopic (exact) mass is 316 g/mol. The van der Waals surface area contributed by atoms with Crippen LogP contribution < -0.4 is 9.47 Å². The molecule has 0 unspecified atom stereocenters. The van der Waals surface area contributed by atoms with Gasteiger partial charge >= 0.3 is 5.69 Å². The van der Waals surface area contributed by atoms with Crippen molar-refractivity contribution < 1.29 is 14.4 Å². The van der Waals surface area contributed by atoms with E-state index in [9.17, 15) is 10.1 Å². The standard InChI is InChI=1S/C15H12N2O4S/c1-20-11-8-10(17(18)19)13(21-2)14-12(11)16-15(22-14)9-6-4-3-5-7-9/h3-8H,1-2H3. The van der Waals surface area contributed by atoms with Gasteiger partial charge < -0.3 is 9.47 Å². The van der Waals surface area contributed by atoms with Gasteiger partial charge in [0.15, 0.2) is 5.75 Å². The van der Waals surface area contributed by atoms with Crippen molar-refractivity contribution in [1.29, 1.82) is 0 Å². The fourth-order valence-corrected chi connectivity index (χ4v) is 3.32. The van der Waals surface area contributed by atoms with E-state index in [2.05, 4.69) is 4.98 Å². The van der Waals surface area contributed by atoms with Crippen LogP contribution in [0, 0.1) is 10.1 Å². The molecule has 0 radical (unpaired) electrons. The van der Waals surface area contributed by atoms with Crippen LogP contribution in [-0.4, -0.2) is 24.1 Å². The Hall–Kier alpha value is -2.67. The molecule has 22 heavy (non-hydrogen) atoms. The van der Waals surface area contributed by atoms with E-state index in [4.69, 9.17) is 9.47 Å². The number of thiazole rings is 1. The fourth-order valence-electron chi connectivity index (χ4n) is 2.21. The Morgan fingerprint density at radius 1 is 1.18 bits per heavy atom. The molecule has 0 atom stereocenters. The number of rotatable bonds is 4. The number of nitro benzene ring substituents is 1. The molecule has 0 aliphatic heterocycles. The normalized spacial score (nSPS) is 10.6. The van der Waals surface area contributed by atoms with Crippen LogP contribution in [0.25, 0.3) is 20.8 Å². The van der Waals surface area contributed by atoms with Crippen molar-refractivity contribution in [3.05, 3.63) is 46.5 Å². The Kier molecular flexibility index (Phi) is 3.64. The Balaban J connectivity index is 2.32. The summed E-state index contributed by atoms with van der Waals surface area (Å²) in [6.45, 7) is 0.